The highest BCUT2D eigenvalue weighted by molar-refractivity contribution is 9.10. The van der Waals surface area contributed by atoms with Crippen molar-refractivity contribution in [3.8, 4) is 0 Å². The molecule has 0 saturated heterocycles. The van der Waals surface area contributed by atoms with Crippen LogP contribution < -0.4 is 5.32 Å². The van der Waals surface area contributed by atoms with Crippen LogP contribution in [0.4, 0.5) is 14.5 Å². The molecular formula is C12H13BrF2N2S. The molecule has 0 saturated carbocycles. The van der Waals surface area contributed by atoms with Crippen LogP contribution in [0.5, 0.6) is 0 Å². The van der Waals surface area contributed by atoms with E-state index in [1.54, 1.807) is 11.8 Å². The number of aliphatic imine (C=N–C) groups is 1. The molecule has 1 N–H and O–H groups in total. The molecule has 2 nitrogen and oxygen atoms in total. The van der Waals surface area contributed by atoms with Crippen LogP contribution in [0.3, 0.4) is 0 Å². The highest BCUT2D eigenvalue weighted by Crippen LogP contribution is 2.30. The maximum atomic E-state index is 13.6. The molecular weight excluding hydrogens is 322 g/mol. The number of benzene rings is 1. The van der Waals surface area contributed by atoms with Crippen molar-refractivity contribution >= 4 is 38.5 Å². The van der Waals surface area contributed by atoms with Crippen molar-refractivity contribution in [2.45, 2.75) is 19.1 Å². The Morgan fingerprint density at radius 1 is 1.39 bits per heavy atom. The van der Waals surface area contributed by atoms with E-state index in [9.17, 15) is 8.78 Å². The zero-order valence-electron chi connectivity index (χ0n) is 10.0. The summed E-state index contributed by atoms with van der Waals surface area (Å²) in [5, 5.41) is 4.01. The van der Waals surface area contributed by atoms with Gasteiger partial charge in [0.05, 0.1) is 16.7 Å². The van der Waals surface area contributed by atoms with Crippen molar-refractivity contribution < 1.29 is 8.78 Å². The molecule has 18 heavy (non-hydrogen) atoms. The van der Waals surface area contributed by atoms with Crippen molar-refractivity contribution in [3.63, 3.8) is 0 Å². The Labute approximate surface area is 117 Å². The quantitative estimate of drug-likeness (QED) is 0.817. The molecule has 0 radical (unpaired) electrons. The molecule has 1 unspecified atom stereocenters. The van der Waals surface area contributed by atoms with E-state index < -0.39 is 11.6 Å². The number of halogens is 3. The first-order valence-electron chi connectivity index (χ1n) is 5.60. The van der Waals surface area contributed by atoms with Gasteiger partial charge in [-0.25, -0.2) is 8.78 Å². The minimum Gasteiger partial charge on any atom is -0.333 e. The Bertz CT molecular complexity index is 491. The smallest absolute Gasteiger partial charge is 0.161 e. The Hall–Kier alpha value is -0.620. The topological polar surface area (TPSA) is 24.4 Å². The zero-order valence-corrected chi connectivity index (χ0v) is 12.4. The average Bonchev–Trinajstić information content (AvgIpc) is 2.74. The zero-order chi connectivity index (χ0) is 13.3. The van der Waals surface area contributed by atoms with Crippen LogP contribution in [0.15, 0.2) is 21.6 Å². The van der Waals surface area contributed by atoms with Crippen molar-refractivity contribution in [1.29, 1.82) is 0 Å². The lowest BCUT2D eigenvalue weighted by Gasteiger charge is -2.12. The molecule has 0 amide bonds. The third-order valence-electron chi connectivity index (χ3n) is 2.67. The van der Waals surface area contributed by atoms with E-state index in [4.69, 9.17) is 0 Å². The average molecular weight is 335 g/mol. The lowest BCUT2D eigenvalue weighted by molar-refractivity contribution is 0.582. The van der Waals surface area contributed by atoms with E-state index in [2.05, 4.69) is 40.1 Å². The Morgan fingerprint density at radius 2 is 2.11 bits per heavy atom. The fourth-order valence-electron chi connectivity index (χ4n) is 1.54. The molecule has 1 aromatic rings. The highest BCUT2D eigenvalue weighted by atomic mass is 79.9. The van der Waals surface area contributed by atoms with Crippen LogP contribution in [0.2, 0.25) is 0 Å². The summed E-state index contributed by atoms with van der Waals surface area (Å²) in [4.78, 5) is 4.32. The summed E-state index contributed by atoms with van der Waals surface area (Å²) in [6.07, 6.45) is 0. The summed E-state index contributed by atoms with van der Waals surface area (Å²) >= 11 is 4.63. The summed E-state index contributed by atoms with van der Waals surface area (Å²) < 4.78 is 26.9. The van der Waals surface area contributed by atoms with Crippen LogP contribution in [0.1, 0.15) is 13.8 Å². The van der Waals surface area contributed by atoms with Crippen LogP contribution in [0, 0.1) is 17.6 Å². The lowest BCUT2D eigenvalue weighted by Crippen LogP contribution is -2.13. The largest absolute Gasteiger partial charge is 0.333 e. The van der Waals surface area contributed by atoms with Gasteiger partial charge in [-0.1, -0.05) is 25.6 Å². The second-order valence-electron chi connectivity index (χ2n) is 4.42. The molecule has 0 bridgehead atoms. The van der Waals surface area contributed by atoms with Gasteiger partial charge in [-0.3, -0.25) is 4.99 Å². The second kappa shape index (κ2) is 5.57. The van der Waals surface area contributed by atoms with E-state index in [0.29, 0.717) is 16.3 Å². The monoisotopic (exact) mass is 334 g/mol. The van der Waals surface area contributed by atoms with Crippen molar-refractivity contribution in [2.75, 3.05) is 11.9 Å². The SMILES string of the molecule is CC(C)C1CN=C(Nc2cc(Br)c(F)cc2F)S1. The van der Waals surface area contributed by atoms with E-state index in [1.807, 2.05) is 0 Å². The second-order valence-corrected chi connectivity index (χ2v) is 6.50. The number of hydrogen-bond donors (Lipinski definition) is 1. The van der Waals surface area contributed by atoms with Crippen LogP contribution in [-0.2, 0) is 0 Å². The first-order valence-corrected chi connectivity index (χ1v) is 7.27. The number of anilines is 1. The van der Waals surface area contributed by atoms with Gasteiger partial charge in [0.2, 0.25) is 0 Å². The van der Waals surface area contributed by atoms with Gasteiger partial charge in [0.25, 0.3) is 0 Å². The standard InChI is InChI=1S/C12H13BrF2N2S/c1-6(2)11-5-16-12(18-11)17-10-3-7(13)8(14)4-9(10)15/h3-4,6,11H,5H2,1-2H3,(H,16,17). The van der Waals surface area contributed by atoms with E-state index in [1.165, 1.54) is 6.07 Å². The molecule has 1 aliphatic heterocycles. The van der Waals surface area contributed by atoms with E-state index >= 15 is 0 Å². The summed E-state index contributed by atoms with van der Waals surface area (Å²) in [7, 11) is 0. The van der Waals surface area contributed by atoms with Crippen LogP contribution >= 0.6 is 27.7 Å². The fourth-order valence-corrected chi connectivity index (χ4v) is 2.91. The molecule has 1 atom stereocenters. The van der Waals surface area contributed by atoms with Gasteiger partial charge in [-0.15, -0.1) is 0 Å². The van der Waals surface area contributed by atoms with Crippen LogP contribution in [-0.4, -0.2) is 17.0 Å². The maximum Gasteiger partial charge on any atom is 0.161 e. The first-order chi connectivity index (χ1) is 8.47. The number of nitrogens with one attached hydrogen (secondary N) is 1. The molecule has 1 aromatic carbocycles. The number of nitrogens with zero attached hydrogens (tertiary/aromatic N) is 1. The fraction of sp³-hybridized carbons (Fsp3) is 0.417. The molecule has 1 heterocycles. The van der Waals surface area contributed by atoms with Gasteiger partial charge >= 0.3 is 0 Å². The van der Waals surface area contributed by atoms with Gasteiger partial charge in [-0.2, -0.15) is 0 Å². The Morgan fingerprint density at radius 3 is 2.72 bits per heavy atom. The van der Waals surface area contributed by atoms with Crippen LogP contribution in [0.25, 0.3) is 0 Å². The summed E-state index contributed by atoms with van der Waals surface area (Å²) in [6.45, 7) is 4.99. The van der Waals surface area contributed by atoms with Crippen molar-refractivity contribution in [3.05, 3.63) is 28.2 Å². The van der Waals surface area contributed by atoms with Gasteiger partial charge in [0.15, 0.2) is 5.17 Å². The van der Waals surface area contributed by atoms with Crippen molar-refractivity contribution in [2.24, 2.45) is 10.9 Å². The predicted molar refractivity (Wildman–Crippen MR) is 76.2 cm³/mol. The summed E-state index contributed by atoms with van der Waals surface area (Å²) in [5.41, 5.74) is 0.235. The predicted octanol–water partition coefficient (Wildman–Crippen LogP) is 4.27. The first kappa shape index (κ1) is 13.8. The van der Waals surface area contributed by atoms with E-state index in [-0.39, 0.29) is 10.2 Å². The highest BCUT2D eigenvalue weighted by Gasteiger charge is 2.23. The van der Waals surface area contributed by atoms with Crippen molar-refractivity contribution in [1.82, 2.24) is 0 Å². The van der Waals surface area contributed by atoms with Gasteiger partial charge < -0.3 is 5.32 Å². The molecule has 6 heteroatoms. The molecule has 2 rings (SSSR count). The Kier molecular flexibility index (Phi) is 4.27. The Balaban J connectivity index is 2.09. The van der Waals surface area contributed by atoms with Gasteiger partial charge in [-0.05, 0) is 27.9 Å². The van der Waals surface area contributed by atoms with Gasteiger partial charge in [0.1, 0.15) is 11.6 Å². The third-order valence-corrected chi connectivity index (χ3v) is 4.73. The summed E-state index contributed by atoms with van der Waals surface area (Å²) in [5.74, 6) is -0.714. The number of amidine groups is 1. The molecule has 0 fully saturated rings. The molecule has 98 valence electrons. The number of rotatable bonds is 2. The minimum absolute atomic E-state index is 0.232. The molecule has 0 aromatic heterocycles. The van der Waals surface area contributed by atoms with Gasteiger partial charge in [0, 0.05) is 11.3 Å². The molecule has 0 aliphatic carbocycles. The number of hydrogen-bond acceptors (Lipinski definition) is 3. The van der Waals surface area contributed by atoms with E-state index in [0.717, 1.165) is 12.6 Å². The molecule has 1 aliphatic rings. The maximum absolute atomic E-state index is 13.6. The third kappa shape index (κ3) is 3.03. The lowest BCUT2D eigenvalue weighted by atomic mass is 10.1. The summed E-state index contributed by atoms with van der Waals surface area (Å²) in [6, 6.07) is 2.24. The normalized spacial score (nSPS) is 19.2. The number of thioether (sulfide) groups is 1. The minimum atomic E-state index is -0.619. The molecule has 0 spiro atoms.